The predicted molar refractivity (Wildman–Crippen MR) is 279 cm³/mol. The first-order chi connectivity index (χ1) is 32.0. The molecule has 0 amide bonds. The Hall–Kier alpha value is -3.41. The lowest BCUT2D eigenvalue weighted by molar-refractivity contribution is -0.167. The summed E-state index contributed by atoms with van der Waals surface area (Å²) >= 11 is 0. The third-order valence-corrected chi connectivity index (χ3v) is 11.4. The van der Waals surface area contributed by atoms with Gasteiger partial charge >= 0.3 is 17.9 Å². The number of carbonyl (C=O) groups is 3. The van der Waals surface area contributed by atoms with E-state index >= 15 is 0 Å². The molecule has 0 rings (SSSR count). The van der Waals surface area contributed by atoms with Gasteiger partial charge in [-0.3, -0.25) is 14.4 Å². The van der Waals surface area contributed by atoms with Gasteiger partial charge in [-0.25, -0.2) is 0 Å². The molecule has 0 aromatic carbocycles. The fourth-order valence-corrected chi connectivity index (χ4v) is 7.33. The Kier molecular flexibility index (Phi) is 50.4. The van der Waals surface area contributed by atoms with Crippen molar-refractivity contribution in [3.05, 3.63) is 85.1 Å². The van der Waals surface area contributed by atoms with Crippen molar-refractivity contribution in [3.8, 4) is 0 Å². The normalized spacial score (nSPS) is 12.7. The third kappa shape index (κ3) is 51.4. The van der Waals surface area contributed by atoms with Crippen LogP contribution in [-0.2, 0) is 28.6 Å². The smallest absolute Gasteiger partial charge is 0.306 e. The van der Waals surface area contributed by atoms with Gasteiger partial charge in [-0.05, 0) is 89.9 Å². The Morgan fingerprint density at radius 3 is 0.985 bits per heavy atom. The van der Waals surface area contributed by atoms with Gasteiger partial charge in [0, 0.05) is 19.3 Å². The van der Waals surface area contributed by atoms with Crippen LogP contribution in [0.2, 0.25) is 0 Å². The van der Waals surface area contributed by atoms with Crippen molar-refractivity contribution in [1.29, 1.82) is 0 Å². The van der Waals surface area contributed by atoms with Gasteiger partial charge in [0.05, 0.1) is 0 Å². The lowest BCUT2D eigenvalue weighted by Crippen LogP contribution is -2.30. The Bertz CT molecular complexity index is 1270. The highest BCUT2D eigenvalue weighted by Crippen LogP contribution is 2.14. The zero-order valence-electron chi connectivity index (χ0n) is 42.5. The highest BCUT2D eigenvalue weighted by atomic mass is 16.6. The highest BCUT2D eigenvalue weighted by molar-refractivity contribution is 5.71. The average Bonchev–Trinajstić information content (AvgIpc) is 3.30. The molecule has 0 saturated heterocycles. The number of unbranched alkanes of at least 4 members (excludes halogenated alkanes) is 23. The third-order valence-electron chi connectivity index (χ3n) is 11.4. The number of hydrogen-bond donors (Lipinski definition) is 0. The molecule has 0 aliphatic rings. The van der Waals surface area contributed by atoms with Gasteiger partial charge < -0.3 is 14.2 Å². The maximum Gasteiger partial charge on any atom is 0.306 e. The van der Waals surface area contributed by atoms with Crippen LogP contribution >= 0.6 is 0 Å². The molecule has 0 aromatic heterocycles. The van der Waals surface area contributed by atoms with Crippen LogP contribution in [0.4, 0.5) is 0 Å². The van der Waals surface area contributed by atoms with Gasteiger partial charge in [-0.15, -0.1) is 0 Å². The predicted octanol–water partition coefficient (Wildman–Crippen LogP) is 18.0. The minimum atomic E-state index is -0.811. The van der Waals surface area contributed by atoms with Crippen LogP contribution in [0.3, 0.4) is 0 Å². The second-order valence-corrected chi connectivity index (χ2v) is 17.8. The molecule has 0 bridgehead atoms. The van der Waals surface area contributed by atoms with Crippen molar-refractivity contribution in [3.63, 3.8) is 0 Å². The van der Waals surface area contributed by atoms with E-state index in [-0.39, 0.29) is 37.5 Å². The summed E-state index contributed by atoms with van der Waals surface area (Å²) in [5.41, 5.74) is 0. The first kappa shape index (κ1) is 61.6. The topological polar surface area (TPSA) is 78.9 Å². The van der Waals surface area contributed by atoms with Gasteiger partial charge in [0.25, 0.3) is 0 Å². The Morgan fingerprint density at radius 1 is 0.323 bits per heavy atom. The molecule has 0 N–H and O–H groups in total. The van der Waals surface area contributed by atoms with E-state index in [9.17, 15) is 14.4 Å². The van der Waals surface area contributed by atoms with Gasteiger partial charge in [0.1, 0.15) is 13.2 Å². The molecular formula is C59H100O6. The summed E-state index contributed by atoms with van der Waals surface area (Å²) in [4.78, 5) is 38.0. The van der Waals surface area contributed by atoms with Crippen molar-refractivity contribution in [2.45, 2.75) is 258 Å². The molecule has 6 heteroatoms. The molecule has 0 unspecified atom stereocenters. The van der Waals surface area contributed by atoms with Crippen LogP contribution in [0.15, 0.2) is 85.1 Å². The molecule has 0 saturated carbocycles. The summed E-state index contributed by atoms with van der Waals surface area (Å²) in [6.07, 6.45) is 68.6. The fraction of sp³-hybridized carbons (Fsp3) is 0.712. The molecule has 0 heterocycles. The number of ether oxygens (including phenoxy) is 3. The zero-order valence-corrected chi connectivity index (χ0v) is 42.5. The average molecular weight is 905 g/mol. The van der Waals surface area contributed by atoms with Crippen LogP contribution in [0.5, 0.6) is 0 Å². The summed E-state index contributed by atoms with van der Waals surface area (Å²) in [5.74, 6) is -0.978. The Morgan fingerprint density at radius 2 is 0.615 bits per heavy atom. The Balaban J connectivity index is 4.50. The van der Waals surface area contributed by atoms with E-state index in [1.54, 1.807) is 0 Å². The summed E-state index contributed by atoms with van der Waals surface area (Å²) in [6, 6.07) is 0. The summed E-state index contributed by atoms with van der Waals surface area (Å²) in [5, 5.41) is 0. The standard InChI is InChI=1S/C59H100O6/c1-4-7-10-13-16-19-22-25-27-29-31-34-37-40-43-46-49-52-58(61)64-55-56(54-63-57(60)51-48-45-42-39-36-33-24-21-18-15-12-9-6-3)65-59(62)53-50-47-44-41-38-35-32-30-28-26-23-20-17-14-11-8-5-2/h7,10,16,19,25-28,31-32,34-35,41,44,56H,4-6,8-9,11-15,17-18,20-24,29-30,33,36-40,42-43,45-55H2,1-3H3/b10-7-,19-16-,27-25-,28-26-,34-31-,35-32-,44-41-/t56-/m0/s1. The lowest BCUT2D eigenvalue weighted by atomic mass is 10.0. The van der Waals surface area contributed by atoms with Crippen LogP contribution < -0.4 is 0 Å². The van der Waals surface area contributed by atoms with Crippen LogP contribution in [0.25, 0.3) is 0 Å². The van der Waals surface area contributed by atoms with Crippen molar-refractivity contribution in [2.75, 3.05) is 13.2 Å². The second-order valence-electron chi connectivity index (χ2n) is 17.8. The number of rotatable bonds is 48. The molecule has 0 aromatic rings. The van der Waals surface area contributed by atoms with E-state index in [1.807, 2.05) is 0 Å². The van der Waals surface area contributed by atoms with Gasteiger partial charge in [0.15, 0.2) is 6.10 Å². The second kappa shape index (κ2) is 53.2. The maximum atomic E-state index is 12.8. The molecule has 0 radical (unpaired) electrons. The van der Waals surface area contributed by atoms with E-state index in [2.05, 4.69) is 106 Å². The zero-order chi connectivity index (χ0) is 47.2. The summed E-state index contributed by atoms with van der Waals surface area (Å²) in [6.45, 7) is 6.46. The van der Waals surface area contributed by atoms with E-state index < -0.39 is 6.10 Å². The van der Waals surface area contributed by atoms with E-state index in [0.717, 1.165) is 96.3 Å². The largest absolute Gasteiger partial charge is 0.462 e. The Labute approximate surface area is 401 Å². The first-order valence-corrected chi connectivity index (χ1v) is 27.1. The first-order valence-electron chi connectivity index (χ1n) is 27.1. The number of allylic oxidation sites excluding steroid dienone is 14. The van der Waals surface area contributed by atoms with Crippen LogP contribution in [0, 0.1) is 0 Å². The molecule has 0 spiro atoms. The monoisotopic (exact) mass is 905 g/mol. The quantitative estimate of drug-likeness (QED) is 0.0262. The fourth-order valence-electron chi connectivity index (χ4n) is 7.33. The van der Waals surface area contributed by atoms with Crippen molar-refractivity contribution < 1.29 is 28.6 Å². The molecule has 1 atom stereocenters. The molecule has 372 valence electrons. The number of esters is 3. The van der Waals surface area contributed by atoms with Crippen LogP contribution in [0.1, 0.15) is 252 Å². The maximum absolute atomic E-state index is 12.8. The lowest BCUT2D eigenvalue weighted by Gasteiger charge is -2.18. The molecule has 6 nitrogen and oxygen atoms in total. The van der Waals surface area contributed by atoms with Crippen molar-refractivity contribution in [1.82, 2.24) is 0 Å². The van der Waals surface area contributed by atoms with Crippen molar-refractivity contribution >= 4 is 17.9 Å². The summed E-state index contributed by atoms with van der Waals surface area (Å²) < 4.78 is 16.8. The molecular weight excluding hydrogens is 805 g/mol. The van der Waals surface area contributed by atoms with Crippen molar-refractivity contribution in [2.24, 2.45) is 0 Å². The minimum absolute atomic E-state index is 0.103. The molecule has 0 aliphatic carbocycles. The minimum Gasteiger partial charge on any atom is -0.462 e. The number of hydrogen-bond acceptors (Lipinski definition) is 6. The summed E-state index contributed by atoms with van der Waals surface area (Å²) in [7, 11) is 0. The van der Waals surface area contributed by atoms with Gasteiger partial charge in [-0.2, -0.15) is 0 Å². The number of carbonyl (C=O) groups excluding carboxylic acids is 3. The van der Waals surface area contributed by atoms with Gasteiger partial charge in [0.2, 0.25) is 0 Å². The molecule has 0 fully saturated rings. The van der Waals surface area contributed by atoms with Gasteiger partial charge in [-0.1, -0.05) is 228 Å². The van der Waals surface area contributed by atoms with Crippen LogP contribution in [-0.4, -0.2) is 37.2 Å². The molecule has 0 aliphatic heterocycles. The van der Waals surface area contributed by atoms with E-state index in [4.69, 9.17) is 14.2 Å². The highest BCUT2D eigenvalue weighted by Gasteiger charge is 2.19. The molecule has 65 heavy (non-hydrogen) atoms. The van der Waals surface area contributed by atoms with E-state index in [1.165, 1.54) is 109 Å². The van der Waals surface area contributed by atoms with E-state index in [0.29, 0.717) is 19.3 Å². The SMILES string of the molecule is CC/C=C\C/C=C\C/C=C\C/C=C\CCCCCCC(=O)OC[C@H](COC(=O)CCCCCCCCCCCCCCC)OC(=O)CCC/C=C\C/C=C\C/C=C\CCCCCCCC.